The fourth-order valence-electron chi connectivity index (χ4n) is 2.96. The Hall–Kier alpha value is -3.93. The zero-order valence-corrected chi connectivity index (χ0v) is 15.8. The van der Waals surface area contributed by atoms with Gasteiger partial charge in [0.15, 0.2) is 0 Å². The van der Waals surface area contributed by atoms with Crippen LogP contribution in [0.5, 0.6) is 5.75 Å². The van der Waals surface area contributed by atoms with Crippen molar-refractivity contribution in [3.63, 3.8) is 0 Å². The smallest absolute Gasteiger partial charge is 0.248 e. The summed E-state index contributed by atoms with van der Waals surface area (Å²) in [6.45, 7) is 0. The molecule has 0 saturated heterocycles. The maximum atomic E-state index is 12.4. The van der Waals surface area contributed by atoms with Crippen molar-refractivity contribution in [1.29, 1.82) is 0 Å². The molecule has 0 fully saturated rings. The summed E-state index contributed by atoms with van der Waals surface area (Å²) >= 11 is 0. The number of aromatic nitrogens is 2. The lowest BCUT2D eigenvalue weighted by molar-refractivity contribution is -0.115. The van der Waals surface area contributed by atoms with Gasteiger partial charge in [0.05, 0.1) is 13.5 Å². The molecule has 0 bridgehead atoms. The Morgan fingerprint density at radius 2 is 1.48 bits per heavy atom. The van der Waals surface area contributed by atoms with Crippen LogP contribution in [0.4, 0.5) is 5.69 Å². The number of amides is 1. The molecule has 1 N–H and O–H groups in total. The lowest BCUT2D eigenvalue weighted by Crippen LogP contribution is -2.14. The molecule has 144 valence electrons. The highest BCUT2D eigenvalue weighted by Gasteiger charge is 2.11. The largest absolute Gasteiger partial charge is 0.496 e. The van der Waals surface area contributed by atoms with E-state index in [4.69, 9.17) is 9.15 Å². The number of hydrogen-bond donors (Lipinski definition) is 1. The van der Waals surface area contributed by atoms with E-state index in [9.17, 15) is 4.79 Å². The molecule has 4 aromatic rings. The Morgan fingerprint density at radius 1 is 0.862 bits per heavy atom. The zero-order chi connectivity index (χ0) is 20.1. The van der Waals surface area contributed by atoms with E-state index in [1.165, 1.54) is 0 Å². The van der Waals surface area contributed by atoms with Gasteiger partial charge in [0.1, 0.15) is 5.75 Å². The van der Waals surface area contributed by atoms with Crippen LogP contribution in [-0.2, 0) is 11.2 Å². The van der Waals surface area contributed by atoms with Crippen molar-refractivity contribution in [2.75, 3.05) is 12.4 Å². The van der Waals surface area contributed by atoms with Crippen LogP contribution in [-0.4, -0.2) is 23.2 Å². The quantitative estimate of drug-likeness (QED) is 0.525. The van der Waals surface area contributed by atoms with Crippen molar-refractivity contribution in [3.05, 3.63) is 84.4 Å². The second-order valence-corrected chi connectivity index (χ2v) is 6.39. The van der Waals surface area contributed by atoms with E-state index in [2.05, 4.69) is 15.5 Å². The van der Waals surface area contributed by atoms with E-state index in [1.807, 2.05) is 78.9 Å². The molecule has 0 aliphatic heterocycles. The van der Waals surface area contributed by atoms with Gasteiger partial charge in [-0.2, -0.15) is 0 Å². The fraction of sp³-hybridized carbons (Fsp3) is 0.0870. The van der Waals surface area contributed by atoms with Crippen molar-refractivity contribution in [2.45, 2.75) is 6.42 Å². The summed E-state index contributed by atoms with van der Waals surface area (Å²) < 4.78 is 11.0. The molecule has 0 aliphatic carbocycles. The topological polar surface area (TPSA) is 77.2 Å². The van der Waals surface area contributed by atoms with Crippen LogP contribution in [0, 0.1) is 0 Å². The first-order valence-electron chi connectivity index (χ1n) is 9.14. The molecule has 0 radical (unpaired) electrons. The number of nitrogens with one attached hydrogen (secondary N) is 1. The first kappa shape index (κ1) is 18.4. The normalized spacial score (nSPS) is 10.5. The summed E-state index contributed by atoms with van der Waals surface area (Å²) in [5, 5.41) is 11.1. The molecule has 0 spiro atoms. The number of carbonyl (C=O) groups excluding carboxylic acids is 1. The summed E-state index contributed by atoms with van der Waals surface area (Å²) in [4.78, 5) is 12.4. The maximum Gasteiger partial charge on any atom is 0.248 e. The van der Waals surface area contributed by atoms with Crippen LogP contribution >= 0.6 is 0 Å². The Bertz CT molecular complexity index is 1110. The number of benzene rings is 3. The molecule has 1 aromatic heterocycles. The number of ether oxygens (including phenoxy) is 1. The van der Waals surface area contributed by atoms with Crippen molar-refractivity contribution < 1.29 is 13.9 Å². The van der Waals surface area contributed by atoms with Crippen molar-refractivity contribution in [2.24, 2.45) is 0 Å². The van der Waals surface area contributed by atoms with Crippen LogP contribution in [0.15, 0.2) is 83.3 Å². The number of anilines is 1. The van der Waals surface area contributed by atoms with Crippen molar-refractivity contribution in [3.8, 4) is 28.7 Å². The molecule has 1 heterocycles. The number of methoxy groups -OCH3 is 1. The summed E-state index contributed by atoms with van der Waals surface area (Å²) in [7, 11) is 1.59. The first-order valence-corrected chi connectivity index (χ1v) is 9.14. The molecular formula is C23H19N3O3. The summed E-state index contributed by atoms with van der Waals surface area (Å²) in [6.07, 6.45) is 0.232. The highest BCUT2D eigenvalue weighted by Crippen LogP contribution is 2.25. The highest BCUT2D eigenvalue weighted by atomic mass is 16.5. The average Bonchev–Trinajstić information content (AvgIpc) is 3.25. The van der Waals surface area contributed by atoms with Gasteiger partial charge in [-0.05, 0) is 42.5 Å². The average molecular weight is 385 g/mol. The first-order chi connectivity index (χ1) is 14.2. The van der Waals surface area contributed by atoms with Gasteiger partial charge < -0.3 is 14.5 Å². The molecule has 6 heteroatoms. The van der Waals surface area contributed by atoms with Crippen LogP contribution in [0.25, 0.3) is 22.9 Å². The third-order valence-corrected chi connectivity index (χ3v) is 4.40. The molecule has 0 atom stereocenters. The number of para-hydroxylation sites is 1. The number of nitrogens with zero attached hydrogens (tertiary/aromatic N) is 2. The van der Waals surface area contributed by atoms with Gasteiger partial charge in [0.25, 0.3) is 0 Å². The third-order valence-electron chi connectivity index (χ3n) is 4.40. The molecular weight excluding hydrogens is 366 g/mol. The predicted molar refractivity (Wildman–Crippen MR) is 110 cm³/mol. The maximum absolute atomic E-state index is 12.4. The van der Waals surface area contributed by atoms with Gasteiger partial charge >= 0.3 is 0 Å². The second-order valence-electron chi connectivity index (χ2n) is 6.39. The fourth-order valence-corrected chi connectivity index (χ4v) is 2.96. The van der Waals surface area contributed by atoms with E-state index < -0.39 is 0 Å². The Morgan fingerprint density at radius 3 is 2.17 bits per heavy atom. The summed E-state index contributed by atoms with van der Waals surface area (Å²) in [6, 6.07) is 24.4. The lowest BCUT2D eigenvalue weighted by Gasteiger charge is -2.09. The van der Waals surface area contributed by atoms with Gasteiger partial charge in [0.2, 0.25) is 17.7 Å². The van der Waals surface area contributed by atoms with Crippen LogP contribution in [0.1, 0.15) is 5.56 Å². The summed E-state index contributed by atoms with van der Waals surface area (Å²) in [5.41, 5.74) is 3.17. The van der Waals surface area contributed by atoms with Crippen LogP contribution in [0.3, 0.4) is 0 Å². The second kappa shape index (κ2) is 8.39. The predicted octanol–water partition coefficient (Wildman–Crippen LogP) is 4.59. The minimum Gasteiger partial charge on any atom is -0.496 e. The molecule has 29 heavy (non-hydrogen) atoms. The summed E-state index contributed by atoms with van der Waals surface area (Å²) in [5.74, 6) is 1.47. The van der Waals surface area contributed by atoms with E-state index in [0.717, 1.165) is 16.7 Å². The Labute approximate surface area is 168 Å². The molecule has 0 saturated carbocycles. The van der Waals surface area contributed by atoms with Gasteiger partial charge in [-0.1, -0.05) is 36.4 Å². The van der Waals surface area contributed by atoms with Gasteiger partial charge in [0, 0.05) is 22.4 Å². The Kier molecular flexibility index (Phi) is 5.33. The molecule has 0 unspecified atom stereocenters. The van der Waals surface area contributed by atoms with Crippen LogP contribution < -0.4 is 10.1 Å². The van der Waals surface area contributed by atoms with E-state index >= 15 is 0 Å². The van der Waals surface area contributed by atoms with E-state index in [0.29, 0.717) is 23.2 Å². The standard InChI is InChI=1S/C23H19N3O3/c1-28-20-10-6-5-9-18(20)15-21(27)24-19-13-11-17(12-14-19)23-26-25-22(29-23)16-7-3-2-4-8-16/h2-14H,15H2,1H3,(H,24,27). The van der Waals surface area contributed by atoms with Gasteiger partial charge in [-0.15, -0.1) is 10.2 Å². The lowest BCUT2D eigenvalue weighted by atomic mass is 10.1. The minimum atomic E-state index is -0.119. The Balaban J connectivity index is 1.43. The molecule has 1 amide bonds. The minimum absolute atomic E-state index is 0.119. The van der Waals surface area contributed by atoms with Crippen molar-refractivity contribution >= 4 is 11.6 Å². The van der Waals surface area contributed by atoms with Crippen LogP contribution in [0.2, 0.25) is 0 Å². The molecule has 6 nitrogen and oxygen atoms in total. The molecule has 3 aromatic carbocycles. The van der Waals surface area contributed by atoms with E-state index in [-0.39, 0.29) is 12.3 Å². The third kappa shape index (κ3) is 4.32. The van der Waals surface area contributed by atoms with Crippen molar-refractivity contribution in [1.82, 2.24) is 10.2 Å². The molecule has 4 rings (SSSR count). The van der Waals surface area contributed by atoms with Gasteiger partial charge in [-0.25, -0.2) is 0 Å². The highest BCUT2D eigenvalue weighted by molar-refractivity contribution is 5.92. The monoisotopic (exact) mass is 385 g/mol. The zero-order valence-electron chi connectivity index (χ0n) is 15.8. The number of hydrogen-bond acceptors (Lipinski definition) is 5. The number of carbonyl (C=O) groups is 1. The number of rotatable bonds is 6. The SMILES string of the molecule is COc1ccccc1CC(=O)Nc1ccc(-c2nnc(-c3ccccc3)o2)cc1. The molecule has 0 aliphatic rings. The van der Waals surface area contributed by atoms with Gasteiger partial charge in [-0.3, -0.25) is 4.79 Å². The van der Waals surface area contributed by atoms with E-state index in [1.54, 1.807) is 7.11 Å².